The largest absolute Gasteiger partial charge is 0.486 e. The Morgan fingerprint density at radius 2 is 1.84 bits per heavy atom. The maximum Gasteiger partial charge on any atom is 0.261 e. The highest BCUT2D eigenvalue weighted by Gasteiger charge is 2.36. The fraction of sp³-hybridized carbons (Fsp3) is 0.391. The van der Waals surface area contributed by atoms with Gasteiger partial charge in [-0.1, -0.05) is 32.0 Å². The minimum Gasteiger partial charge on any atom is -0.486 e. The number of hydrogen-bond donors (Lipinski definition) is 0. The Morgan fingerprint density at radius 3 is 2.69 bits per heavy atom. The average Bonchev–Trinajstić information content (AvgIpc) is 3.24. The van der Waals surface area contributed by atoms with Crippen molar-refractivity contribution in [3.63, 3.8) is 0 Å². The summed E-state index contributed by atoms with van der Waals surface area (Å²) in [5.41, 5.74) is 1.59. The normalized spacial score (nSPS) is 17.7. The molecule has 1 atom stereocenters. The molecule has 0 bridgehead atoms. The van der Waals surface area contributed by atoms with E-state index in [4.69, 9.17) is 14.2 Å². The van der Waals surface area contributed by atoms with Gasteiger partial charge >= 0.3 is 0 Å². The lowest BCUT2D eigenvalue weighted by molar-refractivity contribution is -0.134. The van der Waals surface area contributed by atoms with Crippen LogP contribution in [0, 0.1) is 5.92 Å². The molecule has 2 aliphatic rings. The van der Waals surface area contributed by atoms with Crippen molar-refractivity contribution in [2.75, 3.05) is 26.4 Å². The van der Waals surface area contributed by atoms with Gasteiger partial charge in [0.1, 0.15) is 25.0 Å². The molecule has 0 fully saturated rings. The number of amides is 1. The van der Waals surface area contributed by atoms with Crippen LogP contribution in [0.2, 0.25) is 0 Å². The molecule has 0 N–H and O–H groups in total. The summed E-state index contributed by atoms with van der Waals surface area (Å²) in [5.74, 6) is 2.88. The second kappa shape index (κ2) is 8.49. The predicted molar refractivity (Wildman–Crippen MR) is 115 cm³/mol. The molecule has 9 heteroatoms. The van der Waals surface area contributed by atoms with E-state index in [9.17, 15) is 4.79 Å². The van der Waals surface area contributed by atoms with E-state index in [2.05, 4.69) is 29.4 Å². The number of para-hydroxylation sites is 1. The molecule has 32 heavy (non-hydrogen) atoms. The smallest absolute Gasteiger partial charge is 0.261 e. The van der Waals surface area contributed by atoms with E-state index in [0.29, 0.717) is 48.7 Å². The zero-order valence-electron chi connectivity index (χ0n) is 18.1. The van der Waals surface area contributed by atoms with Crippen LogP contribution in [0.3, 0.4) is 0 Å². The molecule has 5 rings (SSSR count). The van der Waals surface area contributed by atoms with Gasteiger partial charge in [0.2, 0.25) is 0 Å². The number of carbonyl (C=O) groups excluding carboxylic acids is 1. The summed E-state index contributed by atoms with van der Waals surface area (Å²) in [4.78, 5) is 15.0. The van der Waals surface area contributed by atoms with Crippen molar-refractivity contribution in [1.29, 1.82) is 0 Å². The van der Waals surface area contributed by atoms with Crippen molar-refractivity contribution in [2.24, 2.45) is 5.92 Å². The van der Waals surface area contributed by atoms with Crippen molar-refractivity contribution >= 4 is 5.91 Å². The molecule has 0 spiro atoms. The Bertz CT molecular complexity index is 1130. The molecule has 0 saturated heterocycles. The highest BCUT2D eigenvalue weighted by molar-refractivity contribution is 5.79. The molecule has 0 radical (unpaired) electrons. The number of carbonyl (C=O) groups is 1. The van der Waals surface area contributed by atoms with Crippen LogP contribution in [-0.4, -0.2) is 57.4 Å². The summed E-state index contributed by atoms with van der Waals surface area (Å²) in [6.45, 7) is 5.85. The Morgan fingerprint density at radius 1 is 1.03 bits per heavy atom. The molecule has 3 heterocycles. The second-order valence-corrected chi connectivity index (χ2v) is 8.28. The number of tetrazole rings is 1. The van der Waals surface area contributed by atoms with Gasteiger partial charge in [-0.25, -0.2) is 0 Å². The first-order valence-corrected chi connectivity index (χ1v) is 10.8. The maximum absolute atomic E-state index is 13.1. The first-order chi connectivity index (χ1) is 15.6. The zero-order chi connectivity index (χ0) is 22.1. The Kier molecular flexibility index (Phi) is 5.38. The van der Waals surface area contributed by atoms with Crippen LogP contribution in [0.25, 0.3) is 5.69 Å². The lowest BCUT2D eigenvalue weighted by atomic mass is 10.0. The van der Waals surface area contributed by atoms with Gasteiger partial charge in [0.25, 0.3) is 5.91 Å². The molecule has 1 aromatic heterocycles. The van der Waals surface area contributed by atoms with E-state index in [1.54, 1.807) is 4.68 Å². The van der Waals surface area contributed by atoms with Crippen molar-refractivity contribution in [3.05, 3.63) is 53.9 Å². The van der Waals surface area contributed by atoms with Gasteiger partial charge in [0, 0.05) is 18.2 Å². The van der Waals surface area contributed by atoms with Crippen LogP contribution >= 0.6 is 0 Å². The van der Waals surface area contributed by atoms with Crippen molar-refractivity contribution < 1.29 is 19.0 Å². The monoisotopic (exact) mass is 435 g/mol. The first-order valence-electron chi connectivity index (χ1n) is 10.8. The lowest BCUT2D eigenvalue weighted by Gasteiger charge is -2.30. The molecule has 3 aromatic rings. The molecule has 0 saturated carbocycles. The van der Waals surface area contributed by atoms with Gasteiger partial charge in [0.05, 0.1) is 5.69 Å². The number of fused-ring (bicyclic) bond motifs is 2. The number of nitrogens with zero attached hydrogens (tertiary/aromatic N) is 5. The molecule has 2 aliphatic heterocycles. The van der Waals surface area contributed by atoms with E-state index in [1.807, 2.05) is 47.4 Å². The Balaban J connectivity index is 1.61. The van der Waals surface area contributed by atoms with Gasteiger partial charge in [0.15, 0.2) is 23.9 Å². The summed E-state index contributed by atoms with van der Waals surface area (Å²) >= 11 is 0. The van der Waals surface area contributed by atoms with Crippen molar-refractivity contribution in [3.8, 4) is 22.9 Å². The molecule has 166 valence electrons. The number of hydrogen-bond acceptors (Lipinski definition) is 7. The van der Waals surface area contributed by atoms with Crippen molar-refractivity contribution in [2.45, 2.75) is 26.3 Å². The fourth-order valence-corrected chi connectivity index (χ4v) is 4.01. The minimum absolute atomic E-state index is 0.0167. The number of aromatic nitrogens is 4. The SMILES string of the molecule is CC(C)CCN1C(=O)COc2ccccc2C1c1nnnn1-c1ccc2c(c1)OCCO2. The van der Waals surface area contributed by atoms with Crippen LogP contribution in [0.5, 0.6) is 17.2 Å². The quantitative estimate of drug-likeness (QED) is 0.609. The van der Waals surface area contributed by atoms with Gasteiger partial charge < -0.3 is 19.1 Å². The van der Waals surface area contributed by atoms with Crippen LogP contribution in [0.15, 0.2) is 42.5 Å². The summed E-state index contributed by atoms with van der Waals surface area (Å²) in [6, 6.07) is 12.8. The maximum atomic E-state index is 13.1. The number of rotatable bonds is 5. The summed E-state index contributed by atoms with van der Waals surface area (Å²) in [5, 5.41) is 12.6. The highest BCUT2D eigenvalue weighted by atomic mass is 16.6. The zero-order valence-corrected chi connectivity index (χ0v) is 18.1. The van der Waals surface area contributed by atoms with Crippen LogP contribution < -0.4 is 14.2 Å². The average molecular weight is 435 g/mol. The van der Waals surface area contributed by atoms with E-state index in [0.717, 1.165) is 17.7 Å². The van der Waals surface area contributed by atoms with Gasteiger partial charge in [-0.2, -0.15) is 4.68 Å². The highest BCUT2D eigenvalue weighted by Crippen LogP contribution is 2.38. The minimum atomic E-state index is -0.483. The fourth-order valence-electron chi connectivity index (χ4n) is 4.01. The lowest BCUT2D eigenvalue weighted by Crippen LogP contribution is -2.39. The van der Waals surface area contributed by atoms with Crippen LogP contribution in [0.1, 0.15) is 37.7 Å². The number of ether oxygens (including phenoxy) is 3. The Labute approximate surface area is 185 Å². The molecule has 0 aliphatic carbocycles. The predicted octanol–water partition coefficient (Wildman–Crippen LogP) is 2.79. The van der Waals surface area contributed by atoms with E-state index in [1.165, 1.54) is 0 Å². The van der Waals surface area contributed by atoms with Gasteiger partial charge in [-0.05, 0) is 41.0 Å². The molecule has 1 amide bonds. The van der Waals surface area contributed by atoms with Gasteiger partial charge in [-0.15, -0.1) is 5.10 Å². The topological polar surface area (TPSA) is 91.6 Å². The van der Waals surface area contributed by atoms with E-state index < -0.39 is 6.04 Å². The number of benzene rings is 2. The standard InChI is InChI=1S/C23H25N5O4/c1-15(2)9-10-27-21(29)14-32-18-6-4-3-5-17(18)22(27)23-24-25-26-28(23)16-7-8-19-20(13-16)31-12-11-30-19/h3-8,13,15,22H,9-12,14H2,1-2H3. The van der Waals surface area contributed by atoms with Crippen LogP contribution in [-0.2, 0) is 4.79 Å². The third-order valence-corrected chi connectivity index (χ3v) is 5.65. The molecule has 1 unspecified atom stereocenters. The van der Waals surface area contributed by atoms with E-state index >= 15 is 0 Å². The second-order valence-electron chi connectivity index (χ2n) is 8.28. The molecular formula is C23H25N5O4. The summed E-state index contributed by atoms with van der Waals surface area (Å²) < 4.78 is 18.9. The Hall–Kier alpha value is -3.62. The van der Waals surface area contributed by atoms with Crippen LogP contribution in [0.4, 0.5) is 0 Å². The van der Waals surface area contributed by atoms with E-state index in [-0.39, 0.29) is 12.5 Å². The third-order valence-electron chi connectivity index (χ3n) is 5.65. The summed E-state index contributed by atoms with van der Waals surface area (Å²) in [6.07, 6.45) is 0.857. The first kappa shape index (κ1) is 20.3. The van der Waals surface area contributed by atoms with Crippen molar-refractivity contribution in [1.82, 2.24) is 25.1 Å². The van der Waals surface area contributed by atoms with Gasteiger partial charge in [-0.3, -0.25) is 4.79 Å². The molecule has 2 aromatic carbocycles. The summed E-state index contributed by atoms with van der Waals surface area (Å²) in [7, 11) is 0. The molecular weight excluding hydrogens is 410 g/mol. The third kappa shape index (κ3) is 3.74. The molecule has 9 nitrogen and oxygen atoms in total.